The molecule has 1 unspecified atom stereocenters. The third-order valence-corrected chi connectivity index (χ3v) is 2.11. The van der Waals surface area contributed by atoms with Crippen molar-refractivity contribution in [2.45, 2.75) is 20.0 Å². The second kappa shape index (κ2) is 5.40. The van der Waals surface area contributed by atoms with Gasteiger partial charge in [-0.2, -0.15) is 0 Å². The molecule has 1 nitrogen and oxygen atoms in total. The van der Waals surface area contributed by atoms with Crippen molar-refractivity contribution in [3.05, 3.63) is 53.6 Å². The molecule has 0 fully saturated rings. The van der Waals surface area contributed by atoms with Crippen molar-refractivity contribution in [1.29, 1.82) is 0 Å². The second-order valence-electron chi connectivity index (χ2n) is 3.36. The van der Waals surface area contributed by atoms with E-state index in [2.05, 4.69) is 0 Å². The minimum Gasteiger partial charge on any atom is -0.389 e. The topological polar surface area (TPSA) is 20.2 Å². The monoisotopic (exact) mass is 188 g/mol. The number of aliphatic hydroxyl groups excluding tert-OH is 1. The Balaban J connectivity index is 2.62. The lowest BCUT2D eigenvalue weighted by atomic mass is 10.1. The molecule has 1 atom stereocenters. The van der Waals surface area contributed by atoms with Crippen molar-refractivity contribution < 1.29 is 5.11 Å². The zero-order chi connectivity index (χ0) is 10.4. The summed E-state index contributed by atoms with van der Waals surface area (Å²) in [6.07, 6.45) is 5.54. The van der Waals surface area contributed by atoms with Gasteiger partial charge in [-0.05, 0) is 25.0 Å². The lowest BCUT2D eigenvalue weighted by Crippen LogP contribution is -1.99. The highest BCUT2D eigenvalue weighted by molar-refractivity contribution is 5.50. The molecule has 0 heterocycles. The largest absolute Gasteiger partial charge is 0.389 e. The number of rotatable bonds is 3. The summed E-state index contributed by atoms with van der Waals surface area (Å²) in [7, 11) is 0. The van der Waals surface area contributed by atoms with Crippen LogP contribution < -0.4 is 0 Å². The van der Waals surface area contributed by atoms with Gasteiger partial charge in [0, 0.05) is 0 Å². The normalized spacial score (nSPS) is 14.6. The van der Waals surface area contributed by atoms with Gasteiger partial charge in [0.05, 0.1) is 6.10 Å². The van der Waals surface area contributed by atoms with Crippen LogP contribution in [-0.2, 0) is 0 Å². The first kappa shape index (κ1) is 10.7. The van der Waals surface area contributed by atoms with Crippen LogP contribution in [0.3, 0.4) is 0 Å². The minimum absolute atomic E-state index is 0.365. The zero-order valence-corrected chi connectivity index (χ0v) is 8.64. The van der Waals surface area contributed by atoms with Gasteiger partial charge in [-0.15, -0.1) is 0 Å². The predicted octanol–water partition coefficient (Wildman–Crippen LogP) is 3.03. The Labute approximate surface area is 85.4 Å². The van der Waals surface area contributed by atoms with Crippen LogP contribution in [-0.4, -0.2) is 11.2 Å². The van der Waals surface area contributed by atoms with Gasteiger partial charge >= 0.3 is 0 Å². The molecule has 0 saturated heterocycles. The summed E-state index contributed by atoms with van der Waals surface area (Å²) in [6, 6.07) is 10.1. The van der Waals surface area contributed by atoms with Crippen LogP contribution in [0.5, 0.6) is 0 Å². The van der Waals surface area contributed by atoms with E-state index in [9.17, 15) is 5.11 Å². The average molecular weight is 188 g/mol. The van der Waals surface area contributed by atoms with Gasteiger partial charge in [0.1, 0.15) is 0 Å². The molecule has 0 aliphatic heterocycles. The van der Waals surface area contributed by atoms with Gasteiger partial charge in [0.25, 0.3) is 0 Å². The van der Waals surface area contributed by atoms with E-state index in [0.717, 1.165) is 5.57 Å². The smallest absolute Gasteiger partial charge is 0.0722 e. The quantitative estimate of drug-likeness (QED) is 0.723. The van der Waals surface area contributed by atoms with Crippen LogP contribution in [0, 0.1) is 0 Å². The molecule has 0 amide bonds. The summed E-state index contributed by atoms with van der Waals surface area (Å²) in [5.41, 5.74) is 2.14. The van der Waals surface area contributed by atoms with E-state index in [1.54, 1.807) is 6.92 Å². The molecule has 0 saturated carbocycles. The summed E-state index contributed by atoms with van der Waals surface area (Å²) >= 11 is 0. The number of allylic oxidation sites excluding steroid dienone is 2. The van der Waals surface area contributed by atoms with Crippen molar-refractivity contribution >= 4 is 6.08 Å². The number of benzene rings is 1. The van der Waals surface area contributed by atoms with Gasteiger partial charge in [-0.3, -0.25) is 0 Å². The van der Waals surface area contributed by atoms with Gasteiger partial charge in [-0.1, -0.05) is 48.6 Å². The van der Waals surface area contributed by atoms with Gasteiger partial charge in [0.15, 0.2) is 0 Å². The fourth-order valence-electron chi connectivity index (χ4n) is 1.01. The zero-order valence-electron chi connectivity index (χ0n) is 8.64. The van der Waals surface area contributed by atoms with E-state index < -0.39 is 0 Å². The van der Waals surface area contributed by atoms with Crippen LogP contribution in [0.15, 0.2) is 48.1 Å². The Morgan fingerprint density at radius 3 is 2.50 bits per heavy atom. The number of aliphatic hydroxyl groups is 1. The fourth-order valence-corrected chi connectivity index (χ4v) is 1.01. The van der Waals surface area contributed by atoms with Crippen molar-refractivity contribution in [2.24, 2.45) is 0 Å². The first-order chi connectivity index (χ1) is 6.70. The maximum atomic E-state index is 9.22. The van der Waals surface area contributed by atoms with Gasteiger partial charge < -0.3 is 5.11 Å². The van der Waals surface area contributed by atoms with E-state index >= 15 is 0 Å². The Bertz CT molecular complexity index is 320. The SMILES string of the molecule is CC(=CC=Cc1ccccc1)C(C)O. The van der Waals surface area contributed by atoms with E-state index in [4.69, 9.17) is 0 Å². The van der Waals surface area contributed by atoms with Crippen LogP contribution >= 0.6 is 0 Å². The third kappa shape index (κ3) is 3.58. The van der Waals surface area contributed by atoms with Crippen molar-refractivity contribution in [1.82, 2.24) is 0 Å². The fraction of sp³-hybridized carbons (Fsp3) is 0.231. The lowest BCUT2D eigenvalue weighted by molar-refractivity contribution is 0.231. The first-order valence-electron chi connectivity index (χ1n) is 4.78. The molecular formula is C13H16O. The van der Waals surface area contributed by atoms with Crippen molar-refractivity contribution in [3.63, 3.8) is 0 Å². The summed E-state index contributed by atoms with van der Waals surface area (Å²) < 4.78 is 0. The summed E-state index contributed by atoms with van der Waals surface area (Å²) in [6.45, 7) is 3.68. The molecule has 1 N–H and O–H groups in total. The molecule has 0 bridgehead atoms. The molecule has 0 spiro atoms. The molecule has 1 aromatic carbocycles. The average Bonchev–Trinajstić information content (AvgIpc) is 2.19. The molecule has 14 heavy (non-hydrogen) atoms. The third-order valence-electron chi connectivity index (χ3n) is 2.11. The minimum atomic E-state index is -0.365. The Morgan fingerprint density at radius 2 is 1.93 bits per heavy atom. The van der Waals surface area contributed by atoms with E-state index in [1.165, 1.54) is 5.56 Å². The highest BCUT2D eigenvalue weighted by atomic mass is 16.3. The molecule has 1 aromatic rings. The van der Waals surface area contributed by atoms with E-state index in [-0.39, 0.29) is 6.10 Å². The summed E-state index contributed by atoms with van der Waals surface area (Å²) in [4.78, 5) is 0. The van der Waals surface area contributed by atoms with Crippen LogP contribution in [0.25, 0.3) is 6.08 Å². The second-order valence-corrected chi connectivity index (χ2v) is 3.36. The molecular weight excluding hydrogens is 172 g/mol. The van der Waals surface area contributed by atoms with Crippen LogP contribution in [0.4, 0.5) is 0 Å². The summed E-state index contributed by atoms with van der Waals surface area (Å²) in [5, 5.41) is 9.22. The first-order valence-corrected chi connectivity index (χ1v) is 4.78. The van der Waals surface area contributed by atoms with Crippen molar-refractivity contribution in [3.8, 4) is 0 Å². The Kier molecular flexibility index (Phi) is 4.14. The highest BCUT2D eigenvalue weighted by Crippen LogP contribution is 2.04. The number of hydrogen-bond acceptors (Lipinski definition) is 1. The lowest BCUT2D eigenvalue weighted by Gasteiger charge is -2.00. The Morgan fingerprint density at radius 1 is 1.29 bits per heavy atom. The van der Waals surface area contributed by atoms with Gasteiger partial charge in [0.2, 0.25) is 0 Å². The van der Waals surface area contributed by atoms with E-state index in [0.29, 0.717) is 0 Å². The van der Waals surface area contributed by atoms with E-state index in [1.807, 2.05) is 55.5 Å². The van der Waals surface area contributed by atoms with Gasteiger partial charge in [-0.25, -0.2) is 0 Å². The Hall–Kier alpha value is -1.34. The van der Waals surface area contributed by atoms with Crippen LogP contribution in [0.2, 0.25) is 0 Å². The molecule has 0 aliphatic carbocycles. The molecule has 1 heteroatoms. The number of hydrogen-bond donors (Lipinski definition) is 1. The standard InChI is InChI=1S/C13H16O/c1-11(12(2)14)7-6-10-13-8-4-3-5-9-13/h3-10,12,14H,1-2H3. The molecule has 0 aliphatic rings. The molecule has 0 radical (unpaired) electrons. The molecule has 0 aromatic heterocycles. The highest BCUT2D eigenvalue weighted by Gasteiger charge is 1.93. The molecule has 74 valence electrons. The maximum absolute atomic E-state index is 9.22. The predicted molar refractivity (Wildman–Crippen MR) is 60.9 cm³/mol. The maximum Gasteiger partial charge on any atom is 0.0722 e. The van der Waals surface area contributed by atoms with Crippen LogP contribution in [0.1, 0.15) is 19.4 Å². The summed E-state index contributed by atoms with van der Waals surface area (Å²) in [5.74, 6) is 0. The molecule has 1 rings (SSSR count). The van der Waals surface area contributed by atoms with Crippen molar-refractivity contribution in [2.75, 3.05) is 0 Å².